The van der Waals surface area contributed by atoms with E-state index in [-0.39, 0.29) is 21.8 Å². The van der Waals surface area contributed by atoms with Crippen LogP contribution in [-0.4, -0.2) is 23.4 Å². The number of amides is 1. The molecule has 2 aromatic heterocycles. The Labute approximate surface area is 198 Å². The second kappa shape index (κ2) is 9.10. The number of nitrogens with one attached hydrogen (secondary N) is 1. The number of nitrogens with zero attached hydrogens (tertiary/aromatic N) is 1. The molecule has 4 rings (SSSR count). The van der Waals surface area contributed by atoms with E-state index in [1.54, 1.807) is 18.2 Å². The first-order valence-corrected chi connectivity index (χ1v) is 10.7. The number of ether oxygens (including phenoxy) is 1. The number of benzene rings is 2. The first kappa shape index (κ1) is 24.3. The van der Waals surface area contributed by atoms with E-state index in [4.69, 9.17) is 5.73 Å². The molecule has 0 unspecified atom stereocenters. The zero-order valence-corrected chi connectivity index (χ0v) is 18.3. The van der Waals surface area contributed by atoms with Crippen LogP contribution in [0.15, 0.2) is 60.7 Å². The molecule has 2 heterocycles. The maximum Gasteiger partial charge on any atom is 0.573 e. The second-order valence-corrected chi connectivity index (χ2v) is 8.41. The summed E-state index contributed by atoms with van der Waals surface area (Å²) in [6, 6.07) is 13.7. The number of fused-ring (bicyclic) bond motifs is 1. The van der Waals surface area contributed by atoms with Crippen LogP contribution in [0.3, 0.4) is 0 Å². The lowest BCUT2D eigenvalue weighted by Crippen LogP contribution is -2.17. The lowest BCUT2D eigenvalue weighted by Gasteiger charge is -2.09. The van der Waals surface area contributed by atoms with Crippen LogP contribution in [0, 0.1) is 0 Å². The molecule has 35 heavy (non-hydrogen) atoms. The number of nitrogens with two attached hydrogens (primary N) is 1. The fourth-order valence-corrected chi connectivity index (χ4v) is 4.32. The van der Waals surface area contributed by atoms with Crippen LogP contribution >= 0.6 is 11.3 Å². The smallest absolute Gasteiger partial charge is 0.406 e. The maximum absolute atomic E-state index is 12.7. The van der Waals surface area contributed by atoms with Crippen LogP contribution in [0.5, 0.6) is 5.75 Å². The van der Waals surface area contributed by atoms with Crippen molar-refractivity contribution in [2.45, 2.75) is 19.0 Å². The molecule has 0 aliphatic carbocycles. The number of carbonyl (C=O) groups is 1. The van der Waals surface area contributed by atoms with Crippen LogP contribution in [0.25, 0.3) is 21.5 Å². The molecule has 2 aromatic carbocycles. The molecule has 0 aliphatic rings. The topological polar surface area (TPSA) is 77.2 Å². The Morgan fingerprint density at radius 2 is 1.71 bits per heavy atom. The molecule has 1 amide bonds. The zero-order valence-electron chi connectivity index (χ0n) is 17.5. The molecule has 0 bridgehead atoms. The van der Waals surface area contributed by atoms with Gasteiger partial charge in [0.2, 0.25) is 0 Å². The summed E-state index contributed by atoms with van der Waals surface area (Å²) in [7, 11) is 0. The largest absolute Gasteiger partial charge is 0.573 e. The Balaban J connectivity index is 1.56. The third-order valence-electron chi connectivity index (χ3n) is 4.77. The number of alkyl halides is 6. The normalized spacial score (nSPS) is 12.1. The van der Waals surface area contributed by atoms with E-state index >= 15 is 0 Å². The molecule has 0 atom stereocenters. The van der Waals surface area contributed by atoms with Crippen molar-refractivity contribution >= 4 is 38.8 Å². The molecule has 182 valence electrons. The Morgan fingerprint density at radius 3 is 2.37 bits per heavy atom. The van der Waals surface area contributed by atoms with E-state index in [1.807, 2.05) is 0 Å². The Bertz CT molecular complexity index is 1380. The number of nitrogen functional groups attached to an aromatic ring is 1. The number of hydrogen-bond donors (Lipinski definition) is 2. The predicted molar refractivity (Wildman–Crippen MR) is 120 cm³/mol. The predicted octanol–water partition coefficient (Wildman–Crippen LogP) is 6.80. The van der Waals surface area contributed by atoms with Crippen LogP contribution in [0.2, 0.25) is 0 Å². The van der Waals surface area contributed by atoms with Crippen LogP contribution in [0.4, 0.5) is 37.7 Å². The van der Waals surface area contributed by atoms with Gasteiger partial charge in [-0.2, -0.15) is 13.2 Å². The van der Waals surface area contributed by atoms with Gasteiger partial charge >= 0.3 is 12.5 Å². The quantitative estimate of drug-likeness (QED) is 0.289. The number of carbonyl (C=O) groups excluding carboxylic acids is 1. The van der Waals surface area contributed by atoms with Gasteiger partial charge in [-0.15, -0.1) is 24.5 Å². The molecule has 12 heteroatoms. The van der Waals surface area contributed by atoms with Crippen LogP contribution in [-0.2, 0) is 6.42 Å². The van der Waals surface area contributed by atoms with Crippen molar-refractivity contribution in [2.75, 3.05) is 11.1 Å². The summed E-state index contributed by atoms with van der Waals surface area (Å²) >= 11 is 0.984. The Morgan fingerprint density at radius 1 is 1.00 bits per heavy atom. The SMILES string of the molecule is Nc1c(C(=O)Nc2ccc(OC(F)(F)F)cc2)sc2nc(-c3cccc(CC(F)(F)F)c3)ccc12. The number of hydrogen-bond acceptors (Lipinski definition) is 5. The summed E-state index contributed by atoms with van der Waals surface area (Å²) in [5.41, 5.74) is 7.47. The van der Waals surface area contributed by atoms with E-state index in [9.17, 15) is 31.1 Å². The minimum absolute atomic E-state index is 0.0920. The van der Waals surface area contributed by atoms with Crippen molar-refractivity contribution < 1.29 is 35.9 Å². The summed E-state index contributed by atoms with van der Waals surface area (Å²) in [5, 5.41) is 3.04. The van der Waals surface area contributed by atoms with E-state index < -0.39 is 30.6 Å². The van der Waals surface area contributed by atoms with Gasteiger partial charge in [0.25, 0.3) is 5.91 Å². The summed E-state index contributed by atoms with van der Waals surface area (Å²) < 4.78 is 78.8. The lowest BCUT2D eigenvalue weighted by atomic mass is 10.0. The molecule has 5 nitrogen and oxygen atoms in total. The third kappa shape index (κ3) is 6.01. The van der Waals surface area contributed by atoms with E-state index in [0.717, 1.165) is 23.5 Å². The highest BCUT2D eigenvalue weighted by atomic mass is 32.1. The second-order valence-electron chi connectivity index (χ2n) is 7.41. The standard InChI is InChI=1S/C23H15F6N3O2S/c24-22(25,26)11-12-2-1-3-13(10-12)17-9-8-16-18(30)19(35-21(16)32-17)20(33)31-14-4-6-15(7-5-14)34-23(27,28)29/h1-10H,11,30H2,(H,31,33). The molecule has 0 radical (unpaired) electrons. The minimum Gasteiger partial charge on any atom is -0.406 e. The van der Waals surface area contributed by atoms with Gasteiger partial charge < -0.3 is 15.8 Å². The number of anilines is 2. The van der Waals surface area contributed by atoms with Crippen molar-refractivity contribution in [1.82, 2.24) is 4.98 Å². The van der Waals surface area contributed by atoms with Crippen molar-refractivity contribution in [3.05, 3.63) is 71.1 Å². The van der Waals surface area contributed by atoms with Crippen molar-refractivity contribution in [3.8, 4) is 17.0 Å². The Kier molecular flexibility index (Phi) is 6.32. The third-order valence-corrected chi connectivity index (χ3v) is 5.89. The van der Waals surface area contributed by atoms with Gasteiger partial charge in [0.05, 0.1) is 17.8 Å². The minimum atomic E-state index is -4.83. The van der Waals surface area contributed by atoms with Gasteiger partial charge in [-0.3, -0.25) is 4.79 Å². The highest BCUT2D eigenvalue weighted by molar-refractivity contribution is 7.21. The molecule has 0 fully saturated rings. The zero-order chi connectivity index (χ0) is 25.4. The van der Waals surface area contributed by atoms with Gasteiger partial charge in [-0.25, -0.2) is 4.98 Å². The van der Waals surface area contributed by atoms with Gasteiger partial charge in [0.15, 0.2) is 0 Å². The van der Waals surface area contributed by atoms with Crippen molar-refractivity contribution in [1.29, 1.82) is 0 Å². The summed E-state index contributed by atoms with van der Waals surface area (Å²) in [5.74, 6) is -1.03. The molecular weight excluding hydrogens is 496 g/mol. The van der Waals surface area contributed by atoms with E-state index in [1.165, 1.54) is 30.3 Å². The van der Waals surface area contributed by atoms with Crippen molar-refractivity contribution in [3.63, 3.8) is 0 Å². The lowest BCUT2D eigenvalue weighted by molar-refractivity contribution is -0.274. The first-order valence-electron chi connectivity index (χ1n) is 9.90. The summed E-state index contributed by atoms with van der Waals surface area (Å²) in [6.07, 6.45) is -10.2. The molecule has 0 saturated carbocycles. The van der Waals surface area contributed by atoms with Crippen LogP contribution in [0.1, 0.15) is 15.2 Å². The van der Waals surface area contributed by atoms with Gasteiger partial charge in [0, 0.05) is 16.6 Å². The maximum atomic E-state index is 12.7. The molecular formula is C23H15F6N3O2S. The fraction of sp³-hybridized carbons (Fsp3) is 0.130. The van der Waals surface area contributed by atoms with E-state index in [0.29, 0.717) is 21.5 Å². The molecule has 0 spiro atoms. The highest BCUT2D eigenvalue weighted by Gasteiger charge is 2.31. The number of rotatable bonds is 5. The summed E-state index contributed by atoms with van der Waals surface area (Å²) in [4.78, 5) is 17.7. The molecule has 3 N–H and O–H groups in total. The number of aromatic nitrogens is 1. The first-order chi connectivity index (χ1) is 16.4. The Hall–Kier alpha value is -3.80. The number of pyridine rings is 1. The molecule has 0 saturated heterocycles. The number of thiophene rings is 1. The average molecular weight is 511 g/mol. The van der Waals surface area contributed by atoms with Crippen molar-refractivity contribution in [2.24, 2.45) is 0 Å². The fourth-order valence-electron chi connectivity index (χ4n) is 3.33. The van der Waals surface area contributed by atoms with Gasteiger partial charge in [0.1, 0.15) is 15.5 Å². The van der Waals surface area contributed by atoms with E-state index in [2.05, 4.69) is 15.0 Å². The molecule has 4 aromatic rings. The molecule has 0 aliphatic heterocycles. The monoisotopic (exact) mass is 511 g/mol. The summed E-state index contributed by atoms with van der Waals surface area (Å²) in [6.45, 7) is 0. The average Bonchev–Trinajstić information content (AvgIpc) is 3.09. The number of halogens is 6. The van der Waals surface area contributed by atoms with Gasteiger partial charge in [-0.1, -0.05) is 18.2 Å². The highest BCUT2D eigenvalue weighted by Crippen LogP contribution is 2.35. The van der Waals surface area contributed by atoms with Gasteiger partial charge in [-0.05, 0) is 48.0 Å². The van der Waals surface area contributed by atoms with Crippen LogP contribution < -0.4 is 15.8 Å².